The molecule has 0 aliphatic heterocycles. The standard InChI is InChI=1S/C16H18ClNO2S/c1-12-7-8-16(13(2)9-12)21(19,20)18(3)11-14-5-4-6-15(17)10-14/h4-10H,11H2,1-3H3. The van der Waals surface area contributed by atoms with Crippen LogP contribution in [0.2, 0.25) is 5.02 Å². The van der Waals surface area contributed by atoms with Crippen LogP contribution in [0.3, 0.4) is 0 Å². The molecular formula is C16H18ClNO2S. The number of sulfonamides is 1. The smallest absolute Gasteiger partial charge is 0.207 e. The highest BCUT2D eigenvalue weighted by molar-refractivity contribution is 7.89. The number of aryl methyl sites for hydroxylation is 2. The van der Waals surface area contributed by atoms with Gasteiger partial charge in [0.1, 0.15) is 0 Å². The van der Waals surface area contributed by atoms with E-state index >= 15 is 0 Å². The molecule has 0 unspecified atom stereocenters. The minimum Gasteiger partial charge on any atom is -0.207 e. The minimum absolute atomic E-state index is 0.288. The van der Waals surface area contributed by atoms with Crippen molar-refractivity contribution in [2.24, 2.45) is 0 Å². The van der Waals surface area contributed by atoms with E-state index in [0.29, 0.717) is 9.92 Å². The lowest BCUT2D eigenvalue weighted by atomic mass is 10.2. The molecule has 0 saturated heterocycles. The van der Waals surface area contributed by atoms with Gasteiger partial charge in [-0.2, -0.15) is 4.31 Å². The predicted molar refractivity (Wildman–Crippen MR) is 86.0 cm³/mol. The van der Waals surface area contributed by atoms with Crippen molar-refractivity contribution in [3.05, 3.63) is 64.2 Å². The lowest BCUT2D eigenvalue weighted by molar-refractivity contribution is 0.466. The van der Waals surface area contributed by atoms with Gasteiger partial charge in [0.2, 0.25) is 10.0 Å². The van der Waals surface area contributed by atoms with Gasteiger partial charge in [-0.05, 0) is 43.2 Å². The Balaban J connectivity index is 2.30. The lowest BCUT2D eigenvalue weighted by Crippen LogP contribution is -2.27. The molecule has 0 spiro atoms. The number of nitrogens with zero attached hydrogens (tertiary/aromatic N) is 1. The number of hydrogen-bond acceptors (Lipinski definition) is 2. The van der Waals surface area contributed by atoms with Gasteiger partial charge in [0.15, 0.2) is 0 Å². The first-order valence-corrected chi connectivity index (χ1v) is 8.40. The van der Waals surface area contributed by atoms with E-state index in [1.165, 1.54) is 4.31 Å². The zero-order valence-electron chi connectivity index (χ0n) is 12.3. The molecule has 2 aromatic rings. The van der Waals surface area contributed by atoms with Crippen molar-refractivity contribution in [3.8, 4) is 0 Å². The molecule has 3 nitrogen and oxygen atoms in total. The maximum absolute atomic E-state index is 12.6. The summed E-state index contributed by atoms with van der Waals surface area (Å²) in [6.45, 7) is 4.04. The third-order valence-corrected chi connectivity index (χ3v) is 5.51. The summed E-state index contributed by atoms with van der Waals surface area (Å²) in [5.74, 6) is 0. The lowest BCUT2D eigenvalue weighted by Gasteiger charge is -2.19. The topological polar surface area (TPSA) is 37.4 Å². The summed E-state index contributed by atoms with van der Waals surface area (Å²) in [6, 6.07) is 12.6. The first kappa shape index (κ1) is 16.0. The van der Waals surface area contributed by atoms with E-state index in [1.807, 2.05) is 38.1 Å². The molecule has 2 rings (SSSR count). The van der Waals surface area contributed by atoms with Crippen LogP contribution in [0.4, 0.5) is 0 Å². The second-order valence-corrected chi connectivity index (χ2v) is 7.61. The maximum atomic E-state index is 12.6. The Kier molecular flexibility index (Phi) is 4.71. The van der Waals surface area contributed by atoms with Gasteiger partial charge in [-0.3, -0.25) is 0 Å². The summed E-state index contributed by atoms with van der Waals surface area (Å²) >= 11 is 5.93. The van der Waals surface area contributed by atoms with Crippen LogP contribution in [0.15, 0.2) is 47.4 Å². The van der Waals surface area contributed by atoms with Crippen LogP contribution >= 0.6 is 11.6 Å². The summed E-state index contributed by atoms with van der Waals surface area (Å²) in [5, 5.41) is 0.602. The Hall–Kier alpha value is -1.36. The Morgan fingerprint density at radius 1 is 1.10 bits per heavy atom. The van der Waals surface area contributed by atoms with E-state index in [4.69, 9.17) is 11.6 Å². The molecule has 5 heteroatoms. The molecule has 0 heterocycles. The summed E-state index contributed by atoms with van der Waals surface area (Å²) < 4.78 is 26.6. The van der Waals surface area contributed by atoms with Gasteiger partial charge >= 0.3 is 0 Å². The van der Waals surface area contributed by atoms with Gasteiger partial charge in [0.25, 0.3) is 0 Å². The van der Waals surface area contributed by atoms with Gasteiger partial charge in [0.05, 0.1) is 4.90 Å². The molecule has 0 amide bonds. The zero-order chi connectivity index (χ0) is 15.6. The highest BCUT2D eigenvalue weighted by atomic mass is 35.5. The van der Waals surface area contributed by atoms with E-state index in [2.05, 4.69) is 0 Å². The minimum atomic E-state index is -3.51. The second-order valence-electron chi connectivity index (χ2n) is 5.16. The fourth-order valence-corrected chi connectivity index (χ4v) is 3.81. The van der Waals surface area contributed by atoms with Crippen molar-refractivity contribution in [1.82, 2.24) is 4.31 Å². The maximum Gasteiger partial charge on any atom is 0.243 e. The van der Waals surface area contributed by atoms with Crippen LogP contribution in [0, 0.1) is 13.8 Å². The number of rotatable bonds is 4. The molecule has 0 saturated carbocycles. The first-order chi connectivity index (χ1) is 9.80. The predicted octanol–water partition coefficient (Wildman–Crippen LogP) is 3.78. The van der Waals surface area contributed by atoms with Crippen LogP contribution in [0.1, 0.15) is 16.7 Å². The van der Waals surface area contributed by atoms with Crippen molar-refractivity contribution < 1.29 is 8.42 Å². The molecule has 0 bridgehead atoms. The molecule has 0 aromatic heterocycles. The molecule has 21 heavy (non-hydrogen) atoms. The fourth-order valence-electron chi connectivity index (χ4n) is 2.23. The Labute approximate surface area is 131 Å². The number of halogens is 1. The summed E-state index contributed by atoms with van der Waals surface area (Å²) in [6.07, 6.45) is 0. The Bertz CT molecular complexity index is 757. The molecule has 112 valence electrons. The first-order valence-electron chi connectivity index (χ1n) is 6.59. The molecule has 0 radical (unpaired) electrons. The van der Waals surface area contributed by atoms with Crippen molar-refractivity contribution in [1.29, 1.82) is 0 Å². The van der Waals surface area contributed by atoms with E-state index in [0.717, 1.165) is 16.7 Å². The van der Waals surface area contributed by atoms with Crippen LogP contribution in [0.5, 0.6) is 0 Å². The van der Waals surface area contributed by atoms with Gasteiger partial charge in [0, 0.05) is 18.6 Å². The van der Waals surface area contributed by atoms with Crippen LogP contribution in [0.25, 0.3) is 0 Å². The highest BCUT2D eigenvalue weighted by Crippen LogP contribution is 2.22. The van der Waals surface area contributed by atoms with Crippen LogP contribution < -0.4 is 0 Å². The monoisotopic (exact) mass is 323 g/mol. The molecule has 0 atom stereocenters. The molecule has 2 aromatic carbocycles. The molecule has 0 fully saturated rings. The van der Waals surface area contributed by atoms with Crippen molar-refractivity contribution in [2.45, 2.75) is 25.3 Å². The Morgan fingerprint density at radius 3 is 2.43 bits per heavy atom. The quantitative estimate of drug-likeness (QED) is 0.858. The summed E-state index contributed by atoms with van der Waals surface area (Å²) in [4.78, 5) is 0.345. The SMILES string of the molecule is Cc1ccc(S(=O)(=O)N(C)Cc2cccc(Cl)c2)c(C)c1. The normalized spacial score (nSPS) is 11.9. The molecule has 0 aliphatic rings. The third-order valence-electron chi connectivity index (χ3n) is 3.31. The van der Waals surface area contributed by atoms with Gasteiger partial charge < -0.3 is 0 Å². The second kappa shape index (κ2) is 6.18. The Morgan fingerprint density at radius 2 is 1.81 bits per heavy atom. The third kappa shape index (κ3) is 3.64. The fraction of sp³-hybridized carbons (Fsp3) is 0.250. The average Bonchev–Trinajstić information content (AvgIpc) is 2.38. The van der Waals surface area contributed by atoms with E-state index in [-0.39, 0.29) is 6.54 Å². The van der Waals surface area contributed by atoms with Crippen molar-refractivity contribution in [2.75, 3.05) is 7.05 Å². The van der Waals surface area contributed by atoms with Crippen molar-refractivity contribution in [3.63, 3.8) is 0 Å². The average molecular weight is 324 g/mol. The molecule has 0 N–H and O–H groups in total. The van der Waals surface area contributed by atoms with E-state index in [9.17, 15) is 8.42 Å². The number of benzene rings is 2. The zero-order valence-corrected chi connectivity index (χ0v) is 13.9. The van der Waals surface area contributed by atoms with Crippen molar-refractivity contribution >= 4 is 21.6 Å². The highest BCUT2D eigenvalue weighted by Gasteiger charge is 2.22. The van der Waals surface area contributed by atoms with Gasteiger partial charge in [-0.15, -0.1) is 0 Å². The number of hydrogen-bond donors (Lipinski definition) is 0. The molecular weight excluding hydrogens is 306 g/mol. The largest absolute Gasteiger partial charge is 0.243 e. The molecule has 0 aliphatic carbocycles. The van der Waals surface area contributed by atoms with Gasteiger partial charge in [-0.1, -0.05) is 41.4 Å². The summed E-state index contributed by atoms with van der Waals surface area (Å²) in [5.41, 5.74) is 2.66. The van der Waals surface area contributed by atoms with Crippen LogP contribution in [-0.4, -0.2) is 19.8 Å². The van der Waals surface area contributed by atoms with Crippen LogP contribution in [-0.2, 0) is 16.6 Å². The van der Waals surface area contributed by atoms with Gasteiger partial charge in [-0.25, -0.2) is 8.42 Å². The van der Waals surface area contributed by atoms with E-state index < -0.39 is 10.0 Å². The van der Waals surface area contributed by atoms with E-state index in [1.54, 1.807) is 25.2 Å². The summed E-state index contributed by atoms with van der Waals surface area (Å²) in [7, 11) is -1.93.